The van der Waals surface area contributed by atoms with Gasteiger partial charge in [-0.15, -0.1) is 0 Å². The number of aromatic amines is 4. The van der Waals surface area contributed by atoms with E-state index in [4.69, 9.17) is 34.5 Å². The maximum Gasteiger partial charge on any atom is 0.410 e. The zero-order valence-corrected chi connectivity index (χ0v) is 60.6. The fourth-order valence-corrected chi connectivity index (χ4v) is 15.2. The second-order valence-corrected chi connectivity index (χ2v) is 29.9. The molecule has 3 amide bonds. The highest BCUT2D eigenvalue weighted by Gasteiger charge is 2.37. The summed E-state index contributed by atoms with van der Waals surface area (Å²) in [6.45, 7) is 13.5. The highest BCUT2D eigenvalue weighted by atomic mass is 16.6. The summed E-state index contributed by atoms with van der Waals surface area (Å²) in [5.74, 6) is 3.48. The molecule has 1 saturated carbocycles. The molecule has 0 spiro atoms. The first kappa shape index (κ1) is 70.6. The molecule has 1 aliphatic carbocycles. The van der Waals surface area contributed by atoms with E-state index < -0.39 is 17.2 Å². The third-order valence-corrected chi connectivity index (χ3v) is 20.2. The van der Waals surface area contributed by atoms with E-state index in [0.29, 0.717) is 25.4 Å². The predicted molar refractivity (Wildman–Crippen MR) is 412 cm³/mol. The average molecular weight is 1400 g/mol. The third kappa shape index (κ3) is 16.4. The van der Waals surface area contributed by atoms with Gasteiger partial charge in [0.05, 0.1) is 78.5 Å². The van der Waals surface area contributed by atoms with Gasteiger partial charge in [-0.25, -0.2) is 29.5 Å². The lowest BCUT2D eigenvalue weighted by Gasteiger charge is -2.27. The minimum atomic E-state index is -0.786. The number of aromatic nitrogens is 8. The molecule has 4 aromatic heterocycles. The van der Waals surface area contributed by atoms with Gasteiger partial charge in [0.25, 0.3) is 0 Å². The van der Waals surface area contributed by atoms with Crippen LogP contribution in [0.15, 0.2) is 207 Å². The fraction of sp³-hybridized carbons (Fsp3) is 0.310. The van der Waals surface area contributed by atoms with Crippen molar-refractivity contribution in [3.8, 4) is 67.3 Å². The van der Waals surface area contributed by atoms with E-state index >= 15 is 0 Å². The molecule has 5 N–H and O–H groups in total. The molecule has 18 nitrogen and oxygen atoms in total. The van der Waals surface area contributed by atoms with Crippen LogP contribution in [-0.2, 0) is 31.9 Å². The standard InChI is InChI=1S/C43H44N6O3.C36H39N5O2.C8H8O2/c1-43(2,3)52-42(51)49-24-10-16-38(49)41-45-27-36(47-41)34-22-21-31(32-13-7-8-14-33(32)34)29-17-19-30(20-18-29)35-26-44-40(46-35)37-15-9-23-48(37)39(50)25-28-11-5-4-6-12-28;1-36(2,3)43-35(42)41-20-8-13-32(41)34-38-22-31(40-34)29-19-18-26(27-11-6-7-12-28(27)29)23-14-16-24(17-15-23)30-21-37-33(39-30)25-9-4-5-10-25;9-8(10)6-7-4-2-1-3-5-7/h4-8,11-14,17-22,26-27,37-38H,9-10,15-16,23-25H2,1-3H3,(H,44,46)(H,45,47);6-7,11-12,14-19,21-22,25,32H,4-5,8-10,13,20H2,1-3H3,(H,37,39)(H,38,40);1-5H,6H2,(H,9,10)/t37-,38-;32-;/m00./s1. The van der Waals surface area contributed by atoms with Crippen molar-refractivity contribution in [2.45, 2.75) is 154 Å². The van der Waals surface area contributed by atoms with Gasteiger partial charge >= 0.3 is 18.2 Å². The number of carboxylic acid groups (broad SMARTS) is 1. The van der Waals surface area contributed by atoms with E-state index in [0.717, 1.165) is 152 Å². The Hall–Kier alpha value is -11.4. The number of carboxylic acids is 1. The van der Waals surface area contributed by atoms with E-state index in [2.05, 4.69) is 141 Å². The zero-order valence-electron chi connectivity index (χ0n) is 60.6. The Morgan fingerprint density at radius 2 is 0.714 bits per heavy atom. The van der Waals surface area contributed by atoms with E-state index in [1.165, 1.54) is 42.2 Å². The van der Waals surface area contributed by atoms with Gasteiger partial charge in [-0.05, 0) is 159 Å². The molecule has 16 rings (SSSR count). The van der Waals surface area contributed by atoms with Crippen molar-refractivity contribution in [3.63, 3.8) is 0 Å². The fourth-order valence-electron chi connectivity index (χ4n) is 15.2. The Morgan fingerprint density at radius 3 is 1.13 bits per heavy atom. The van der Waals surface area contributed by atoms with Crippen LogP contribution in [-0.4, -0.2) is 115 Å². The maximum absolute atomic E-state index is 13.2. The molecule has 4 aliphatic rings. The van der Waals surface area contributed by atoms with Crippen molar-refractivity contribution in [1.29, 1.82) is 0 Å². The van der Waals surface area contributed by atoms with Crippen LogP contribution < -0.4 is 0 Å². The molecule has 0 unspecified atom stereocenters. The minimum Gasteiger partial charge on any atom is -0.481 e. The lowest BCUT2D eigenvalue weighted by molar-refractivity contribution is -0.136. The topological polar surface area (TPSA) is 231 Å². The summed E-state index contributed by atoms with van der Waals surface area (Å²) < 4.78 is 11.4. The zero-order chi connectivity index (χ0) is 72.8. The number of imidazole rings is 4. The largest absolute Gasteiger partial charge is 0.481 e. The predicted octanol–water partition coefficient (Wildman–Crippen LogP) is 19.6. The summed E-state index contributed by atoms with van der Waals surface area (Å²) in [5, 5.41) is 13.0. The number of ether oxygens (including phenoxy) is 2. The third-order valence-electron chi connectivity index (χ3n) is 20.2. The van der Waals surface area contributed by atoms with Crippen LogP contribution in [0.4, 0.5) is 9.59 Å². The molecule has 105 heavy (non-hydrogen) atoms. The first-order chi connectivity index (χ1) is 50.8. The summed E-state index contributed by atoms with van der Waals surface area (Å²) in [5.41, 5.74) is 13.6. The highest BCUT2D eigenvalue weighted by Crippen LogP contribution is 2.42. The molecule has 3 saturated heterocycles. The van der Waals surface area contributed by atoms with Crippen molar-refractivity contribution < 1.29 is 33.8 Å². The van der Waals surface area contributed by atoms with Crippen LogP contribution in [0.5, 0.6) is 0 Å². The van der Waals surface area contributed by atoms with Crippen LogP contribution in [0.3, 0.4) is 0 Å². The molecule has 8 aromatic carbocycles. The van der Waals surface area contributed by atoms with Gasteiger partial charge in [0.2, 0.25) is 5.91 Å². The first-order valence-electron chi connectivity index (χ1n) is 36.9. The molecule has 0 bridgehead atoms. The highest BCUT2D eigenvalue weighted by molar-refractivity contribution is 6.06. The summed E-state index contributed by atoms with van der Waals surface area (Å²) in [7, 11) is 0. The number of aliphatic carboxylic acids is 1. The lowest BCUT2D eigenvalue weighted by atomic mass is 9.93. The molecule has 12 aromatic rings. The number of carbonyl (C=O) groups excluding carboxylic acids is 3. The number of nitrogens with zero attached hydrogens (tertiary/aromatic N) is 7. The Kier molecular flexibility index (Phi) is 20.8. The Labute approximate surface area is 612 Å². The Bertz CT molecular complexity index is 5020. The van der Waals surface area contributed by atoms with Crippen molar-refractivity contribution in [2.75, 3.05) is 19.6 Å². The number of hydrogen-bond donors (Lipinski definition) is 5. The number of fused-ring (bicyclic) bond motifs is 2. The van der Waals surface area contributed by atoms with Crippen LogP contribution in [0.25, 0.3) is 88.8 Å². The second-order valence-electron chi connectivity index (χ2n) is 29.9. The van der Waals surface area contributed by atoms with Crippen LogP contribution in [0.1, 0.15) is 164 Å². The van der Waals surface area contributed by atoms with Crippen LogP contribution in [0, 0.1) is 0 Å². The summed E-state index contributed by atoms with van der Waals surface area (Å²) >= 11 is 0. The number of nitrogens with one attached hydrogen (secondary N) is 4. The molecule has 536 valence electrons. The molecule has 3 aliphatic heterocycles. The van der Waals surface area contributed by atoms with Crippen LogP contribution in [0.2, 0.25) is 0 Å². The quantitative estimate of drug-likeness (QED) is 0.0687. The number of rotatable bonds is 14. The van der Waals surface area contributed by atoms with Gasteiger partial charge in [0.1, 0.15) is 34.5 Å². The summed E-state index contributed by atoms with van der Waals surface area (Å²) in [6.07, 6.45) is 18.0. The molecule has 18 heteroatoms. The molecule has 4 fully saturated rings. The summed E-state index contributed by atoms with van der Waals surface area (Å²) in [6, 6.07) is 61.8. The molecule has 0 radical (unpaired) electrons. The number of H-pyrrole nitrogens is 4. The number of carbonyl (C=O) groups is 4. The Balaban J connectivity index is 0.000000158. The molecular formula is C87H91N11O7. The second kappa shape index (κ2) is 30.9. The number of benzene rings is 8. The minimum absolute atomic E-state index is 0.0397. The van der Waals surface area contributed by atoms with Gasteiger partial charge in [-0.1, -0.05) is 195 Å². The van der Waals surface area contributed by atoms with Crippen molar-refractivity contribution in [3.05, 3.63) is 241 Å². The van der Waals surface area contributed by atoms with Crippen molar-refractivity contribution in [1.82, 2.24) is 54.6 Å². The number of amides is 3. The SMILES string of the molecule is CC(C)(C)OC(=O)N1CCC[C@H]1c1ncc(-c2ccc(-c3ccc(-c4cnc(C5CCCC5)[nH]4)cc3)c3ccccc23)[nH]1.CC(C)(C)OC(=O)N1CCC[C@H]1c1ncc(-c2ccc(-c3ccc(-c4cnc([C@@H]5CCCN5C(=O)Cc5ccccc5)[nH]4)cc3)c3ccccc23)[nH]1.O=C(O)Cc1ccccc1. The summed E-state index contributed by atoms with van der Waals surface area (Å²) in [4.78, 5) is 88.0. The molecule has 7 heterocycles. The van der Waals surface area contributed by atoms with E-state index in [1.54, 1.807) is 21.9 Å². The first-order valence-corrected chi connectivity index (χ1v) is 36.9. The van der Waals surface area contributed by atoms with Gasteiger partial charge in [0.15, 0.2) is 0 Å². The van der Waals surface area contributed by atoms with Gasteiger partial charge in [-0.3, -0.25) is 19.4 Å². The van der Waals surface area contributed by atoms with Crippen LogP contribution >= 0.6 is 0 Å². The van der Waals surface area contributed by atoms with Gasteiger partial charge in [0, 0.05) is 36.7 Å². The molecule has 3 atom stereocenters. The average Bonchev–Trinajstić information content (AvgIpc) is 1.72. The monoisotopic (exact) mass is 1400 g/mol. The molecular weight excluding hydrogens is 1310 g/mol. The van der Waals surface area contributed by atoms with E-state index in [1.807, 2.05) is 120 Å². The smallest absolute Gasteiger partial charge is 0.410 e. The van der Waals surface area contributed by atoms with Crippen molar-refractivity contribution >= 4 is 45.6 Å². The normalized spacial score (nSPS) is 16.8. The lowest BCUT2D eigenvalue weighted by Crippen LogP contribution is -2.36. The number of likely N-dealkylation sites (tertiary alicyclic amines) is 3. The van der Waals surface area contributed by atoms with Gasteiger partial charge < -0.3 is 39.4 Å². The van der Waals surface area contributed by atoms with E-state index in [-0.39, 0.29) is 42.6 Å². The maximum atomic E-state index is 13.2. The number of hydrogen-bond acceptors (Lipinski definition) is 10. The Morgan fingerprint density at radius 1 is 0.381 bits per heavy atom. The van der Waals surface area contributed by atoms with E-state index in [9.17, 15) is 19.2 Å². The van der Waals surface area contributed by atoms with Crippen molar-refractivity contribution in [2.24, 2.45) is 0 Å². The van der Waals surface area contributed by atoms with Gasteiger partial charge in [-0.2, -0.15) is 0 Å².